The number of aryl methyl sites for hydroxylation is 1. The zero-order valence-electron chi connectivity index (χ0n) is 13.0. The van der Waals surface area contributed by atoms with Crippen molar-refractivity contribution in [3.8, 4) is 0 Å². The lowest BCUT2D eigenvalue weighted by Gasteiger charge is -2.05. The van der Waals surface area contributed by atoms with E-state index in [-0.39, 0.29) is 0 Å². The normalized spacial score (nSPS) is 14.3. The maximum atomic E-state index is 11.8. The van der Waals surface area contributed by atoms with Crippen molar-refractivity contribution < 1.29 is 4.79 Å². The minimum absolute atomic E-state index is 0.397. The van der Waals surface area contributed by atoms with Crippen molar-refractivity contribution in [1.82, 2.24) is 14.8 Å². The number of nitrogens with two attached hydrogens (primary N) is 1. The fourth-order valence-electron chi connectivity index (χ4n) is 3.07. The van der Waals surface area contributed by atoms with Gasteiger partial charge in [0.1, 0.15) is 0 Å². The molecule has 1 fully saturated rings. The van der Waals surface area contributed by atoms with Gasteiger partial charge >= 0.3 is 0 Å². The summed E-state index contributed by atoms with van der Waals surface area (Å²) in [5, 5.41) is 5.70. The summed E-state index contributed by atoms with van der Waals surface area (Å²) in [7, 11) is 0. The van der Waals surface area contributed by atoms with Gasteiger partial charge in [-0.1, -0.05) is 12.1 Å². The van der Waals surface area contributed by atoms with Crippen LogP contribution in [-0.4, -0.2) is 20.7 Å². The number of amides is 1. The Hall–Kier alpha value is -2.69. The maximum absolute atomic E-state index is 11.8. The molecule has 23 heavy (non-hydrogen) atoms. The molecule has 1 aromatic carbocycles. The molecule has 0 radical (unpaired) electrons. The number of pyridine rings is 1. The lowest BCUT2D eigenvalue weighted by atomic mass is 10.1. The fourth-order valence-corrected chi connectivity index (χ4v) is 3.07. The third-order valence-corrected chi connectivity index (χ3v) is 4.29. The van der Waals surface area contributed by atoms with E-state index >= 15 is 0 Å². The van der Waals surface area contributed by atoms with E-state index in [2.05, 4.69) is 4.98 Å². The van der Waals surface area contributed by atoms with E-state index in [1.54, 1.807) is 6.07 Å². The second-order valence-electron chi connectivity index (χ2n) is 6.15. The molecule has 0 unspecified atom stereocenters. The molecule has 0 spiro atoms. The summed E-state index contributed by atoms with van der Waals surface area (Å²) in [6.45, 7) is 2.57. The molecule has 2 heterocycles. The van der Waals surface area contributed by atoms with E-state index in [9.17, 15) is 4.79 Å². The zero-order chi connectivity index (χ0) is 16.0. The summed E-state index contributed by atoms with van der Waals surface area (Å²) < 4.78 is 1.94. The van der Waals surface area contributed by atoms with Gasteiger partial charge in [-0.25, -0.2) is 0 Å². The highest BCUT2D eigenvalue weighted by Crippen LogP contribution is 2.43. The quantitative estimate of drug-likeness (QED) is 0.805. The highest BCUT2D eigenvalue weighted by atomic mass is 16.1. The molecule has 0 atom stereocenters. The number of hydrogen-bond donors (Lipinski definition) is 1. The van der Waals surface area contributed by atoms with E-state index in [1.165, 1.54) is 0 Å². The smallest absolute Gasteiger partial charge is 0.249 e. The van der Waals surface area contributed by atoms with Crippen molar-refractivity contribution in [1.29, 1.82) is 0 Å². The van der Waals surface area contributed by atoms with Crippen LogP contribution in [0.15, 0.2) is 36.4 Å². The molecule has 5 nitrogen and oxygen atoms in total. The number of benzene rings is 1. The first-order valence-corrected chi connectivity index (χ1v) is 7.85. The van der Waals surface area contributed by atoms with Gasteiger partial charge in [-0.3, -0.25) is 14.5 Å². The molecule has 0 bridgehead atoms. The number of carbonyl (C=O) groups is 1. The largest absolute Gasteiger partial charge is 0.366 e. The topological polar surface area (TPSA) is 73.8 Å². The molecule has 1 aliphatic carbocycles. The molecule has 3 aromatic rings. The summed E-state index contributed by atoms with van der Waals surface area (Å²) in [5.41, 5.74) is 10.0. The first-order chi connectivity index (χ1) is 11.1. The van der Waals surface area contributed by atoms with Crippen LogP contribution in [0, 0.1) is 6.92 Å². The first-order valence-electron chi connectivity index (χ1n) is 7.85. The summed E-state index contributed by atoms with van der Waals surface area (Å²) in [4.78, 5) is 16.3. The zero-order valence-corrected chi connectivity index (χ0v) is 13.0. The molecule has 5 heteroatoms. The Morgan fingerprint density at radius 2 is 2.04 bits per heavy atom. The SMILES string of the molecule is Cc1cccc(Cn2nc(C3CC3)c3c(C(N)=O)cccc32)n1. The number of nitrogens with zero attached hydrogens (tertiary/aromatic N) is 3. The number of primary amides is 1. The Morgan fingerprint density at radius 3 is 2.74 bits per heavy atom. The van der Waals surface area contributed by atoms with E-state index in [4.69, 9.17) is 10.8 Å². The van der Waals surface area contributed by atoms with Gasteiger partial charge in [0.15, 0.2) is 0 Å². The van der Waals surface area contributed by atoms with Crippen molar-refractivity contribution >= 4 is 16.8 Å². The lowest BCUT2D eigenvalue weighted by Crippen LogP contribution is -2.11. The Kier molecular flexibility index (Phi) is 3.15. The monoisotopic (exact) mass is 306 g/mol. The molecule has 0 aliphatic heterocycles. The average Bonchev–Trinajstić information content (AvgIpc) is 3.30. The molecular formula is C18H18N4O. The molecule has 2 aromatic heterocycles. The van der Waals surface area contributed by atoms with Crippen LogP contribution in [0.1, 0.15) is 46.2 Å². The van der Waals surface area contributed by atoms with Gasteiger partial charge in [-0.15, -0.1) is 0 Å². The number of aromatic nitrogens is 3. The summed E-state index contributed by atoms with van der Waals surface area (Å²) >= 11 is 0. The molecule has 1 saturated carbocycles. The second-order valence-corrected chi connectivity index (χ2v) is 6.15. The van der Waals surface area contributed by atoms with Crippen molar-refractivity contribution in [2.75, 3.05) is 0 Å². The standard InChI is InChI=1S/C18H18N4O/c1-11-4-2-5-13(20-11)10-22-15-7-3-6-14(18(19)23)16(15)17(21-22)12-8-9-12/h2-7,12H,8-10H2,1H3,(H2,19,23). The van der Waals surface area contributed by atoms with Crippen LogP contribution in [-0.2, 0) is 6.54 Å². The fraction of sp³-hybridized carbons (Fsp3) is 0.278. The van der Waals surface area contributed by atoms with Crippen LogP contribution < -0.4 is 5.73 Å². The molecule has 0 saturated heterocycles. The van der Waals surface area contributed by atoms with Gasteiger partial charge in [0.2, 0.25) is 5.91 Å². The summed E-state index contributed by atoms with van der Waals surface area (Å²) in [6.07, 6.45) is 2.25. The summed E-state index contributed by atoms with van der Waals surface area (Å²) in [5.74, 6) is 0.0513. The van der Waals surface area contributed by atoms with E-state index in [0.29, 0.717) is 18.0 Å². The lowest BCUT2D eigenvalue weighted by molar-refractivity contribution is 0.100. The molecule has 1 amide bonds. The number of fused-ring (bicyclic) bond motifs is 1. The number of rotatable bonds is 4. The maximum Gasteiger partial charge on any atom is 0.249 e. The van der Waals surface area contributed by atoms with Gasteiger partial charge in [-0.05, 0) is 44.0 Å². The van der Waals surface area contributed by atoms with Crippen LogP contribution in [0.3, 0.4) is 0 Å². The minimum atomic E-state index is -0.397. The Balaban J connectivity index is 1.87. The Bertz CT molecular complexity index is 909. The van der Waals surface area contributed by atoms with Crippen LogP contribution in [0.2, 0.25) is 0 Å². The van der Waals surface area contributed by atoms with Crippen LogP contribution in [0.4, 0.5) is 0 Å². The summed E-state index contributed by atoms with van der Waals surface area (Å²) in [6, 6.07) is 11.6. The van der Waals surface area contributed by atoms with Crippen LogP contribution >= 0.6 is 0 Å². The molecular weight excluding hydrogens is 288 g/mol. The predicted molar refractivity (Wildman–Crippen MR) is 88.3 cm³/mol. The number of hydrogen-bond acceptors (Lipinski definition) is 3. The molecule has 116 valence electrons. The van der Waals surface area contributed by atoms with E-state index in [0.717, 1.165) is 40.8 Å². The average molecular weight is 306 g/mol. The second kappa shape index (κ2) is 5.19. The minimum Gasteiger partial charge on any atom is -0.366 e. The Labute approximate surface area is 134 Å². The van der Waals surface area contributed by atoms with Crippen molar-refractivity contribution in [2.24, 2.45) is 5.73 Å². The van der Waals surface area contributed by atoms with Gasteiger partial charge < -0.3 is 5.73 Å². The predicted octanol–water partition coefficient (Wildman–Crippen LogP) is 2.76. The van der Waals surface area contributed by atoms with Gasteiger partial charge in [0.25, 0.3) is 0 Å². The van der Waals surface area contributed by atoms with Gasteiger partial charge in [-0.2, -0.15) is 5.10 Å². The molecule has 2 N–H and O–H groups in total. The first kappa shape index (κ1) is 13.9. The van der Waals surface area contributed by atoms with E-state index in [1.807, 2.05) is 41.9 Å². The molecule has 4 rings (SSSR count). The number of carbonyl (C=O) groups excluding carboxylic acids is 1. The van der Waals surface area contributed by atoms with Crippen LogP contribution in [0.25, 0.3) is 10.9 Å². The van der Waals surface area contributed by atoms with Crippen molar-refractivity contribution in [3.63, 3.8) is 0 Å². The third kappa shape index (κ3) is 2.48. The van der Waals surface area contributed by atoms with Gasteiger partial charge in [0, 0.05) is 17.0 Å². The molecule has 1 aliphatic rings. The third-order valence-electron chi connectivity index (χ3n) is 4.29. The van der Waals surface area contributed by atoms with Crippen molar-refractivity contribution in [2.45, 2.75) is 32.2 Å². The van der Waals surface area contributed by atoms with Crippen LogP contribution in [0.5, 0.6) is 0 Å². The Morgan fingerprint density at radius 1 is 1.26 bits per heavy atom. The van der Waals surface area contributed by atoms with E-state index < -0.39 is 5.91 Å². The highest BCUT2D eigenvalue weighted by Gasteiger charge is 2.30. The van der Waals surface area contributed by atoms with Crippen molar-refractivity contribution in [3.05, 3.63) is 59.0 Å². The van der Waals surface area contributed by atoms with Gasteiger partial charge in [0.05, 0.1) is 29.0 Å². The highest BCUT2D eigenvalue weighted by molar-refractivity contribution is 6.06.